The number of halogens is 3. The molecule has 0 aliphatic carbocycles. The van der Waals surface area contributed by atoms with Crippen molar-refractivity contribution < 1.29 is 9.59 Å². The molecule has 0 unspecified atom stereocenters. The zero-order chi connectivity index (χ0) is 17.3. The molecule has 3 N–H and O–H groups in total. The SMILES string of the molecule is O=C1CSc2ccc(C(=O)NNc3c(Cl)cc(Cl)cc3Cl)cc2N1. The molecule has 2 aromatic rings. The zero-order valence-corrected chi connectivity index (χ0v) is 15.0. The summed E-state index contributed by atoms with van der Waals surface area (Å²) in [5, 5.41) is 3.69. The lowest BCUT2D eigenvalue weighted by Crippen LogP contribution is -2.30. The van der Waals surface area contributed by atoms with Crippen molar-refractivity contribution in [2.24, 2.45) is 0 Å². The van der Waals surface area contributed by atoms with Crippen LogP contribution in [-0.2, 0) is 4.79 Å². The number of hydrazine groups is 1. The zero-order valence-electron chi connectivity index (χ0n) is 12.0. The Morgan fingerprint density at radius 2 is 1.83 bits per heavy atom. The van der Waals surface area contributed by atoms with Crippen molar-refractivity contribution in [2.75, 3.05) is 16.5 Å². The van der Waals surface area contributed by atoms with Gasteiger partial charge in [0, 0.05) is 15.5 Å². The molecule has 0 fully saturated rings. The summed E-state index contributed by atoms with van der Waals surface area (Å²) in [7, 11) is 0. The van der Waals surface area contributed by atoms with Gasteiger partial charge >= 0.3 is 0 Å². The molecule has 2 aromatic carbocycles. The number of nitrogens with one attached hydrogen (secondary N) is 3. The average Bonchev–Trinajstić information content (AvgIpc) is 2.52. The topological polar surface area (TPSA) is 70.2 Å². The van der Waals surface area contributed by atoms with E-state index in [1.54, 1.807) is 18.2 Å². The molecular weight excluding hydrogens is 393 g/mol. The maximum absolute atomic E-state index is 12.3. The summed E-state index contributed by atoms with van der Waals surface area (Å²) >= 11 is 19.3. The number of hydrogen-bond donors (Lipinski definition) is 3. The molecule has 24 heavy (non-hydrogen) atoms. The van der Waals surface area contributed by atoms with E-state index < -0.39 is 5.91 Å². The van der Waals surface area contributed by atoms with Gasteiger partial charge in [-0.25, -0.2) is 0 Å². The van der Waals surface area contributed by atoms with Crippen LogP contribution in [0.5, 0.6) is 0 Å². The van der Waals surface area contributed by atoms with E-state index in [0.29, 0.717) is 27.7 Å². The number of fused-ring (bicyclic) bond motifs is 1. The van der Waals surface area contributed by atoms with Gasteiger partial charge in [0.15, 0.2) is 0 Å². The van der Waals surface area contributed by atoms with Crippen molar-refractivity contribution in [1.29, 1.82) is 0 Å². The van der Waals surface area contributed by atoms with Crippen molar-refractivity contribution >= 4 is 69.8 Å². The normalized spacial score (nSPS) is 13.0. The predicted octanol–water partition coefficient (Wildman–Crippen LogP) is 4.45. The van der Waals surface area contributed by atoms with Crippen molar-refractivity contribution in [3.63, 3.8) is 0 Å². The van der Waals surface area contributed by atoms with Gasteiger partial charge < -0.3 is 5.32 Å². The molecule has 1 aliphatic heterocycles. The number of thioether (sulfide) groups is 1. The molecule has 0 aromatic heterocycles. The molecule has 5 nitrogen and oxygen atoms in total. The molecule has 3 rings (SSSR count). The lowest BCUT2D eigenvalue weighted by atomic mass is 10.2. The number of hydrogen-bond acceptors (Lipinski definition) is 4. The van der Waals surface area contributed by atoms with Crippen LogP contribution >= 0.6 is 46.6 Å². The van der Waals surface area contributed by atoms with Crippen LogP contribution < -0.4 is 16.2 Å². The first-order valence-corrected chi connectivity index (χ1v) is 8.83. The van der Waals surface area contributed by atoms with Crippen molar-refractivity contribution in [3.05, 3.63) is 51.0 Å². The molecule has 0 spiro atoms. The molecule has 124 valence electrons. The largest absolute Gasteiger partial charge is 0.324 e. The summed E-state index contributed by atoms with van der Waals surface area (Å²) in [6.07, 6.45) is 0. The third-order valence-corrected chi connectivity index (χ3v) is 5.07. The van der Waals surface area contributed by atoms with Crippen LogP contribution in [0.1, 0.15) is 10.4 Å². The summed E-state index contributed by atoms with van der Waals surface area (Å²) in [6.45, 7) is 0. The smallest absolute Gasteiger partial charge is 0.269 e. The summed E-state index contributed by atoms with van der Waals surface area (Å²) in [4.78, 5) is 24.6. The highest BCUT2D eigenvalue weighted by Gasteiger charge is 2.17. The summed E-state index contributed by atoms with van der Waals surface area (Å²) < 4.78 is 0. The molecule has 0 saturated heterocycles. The van der Waals surface area contributed by atoms with Gasteiger partial charge in [-0.2, -0.15) is 0 Å². The van der Waals surface area contributed by atoms with E-state index in [0.717, 1.165) is 4.90 Å². The Hall–Kier alpha value is -1.60. The van der Waals surface area contributed by atoms with E-state index in [1.807, 2.05) is 0 Å². The van der Waals surface area contributed by atoms with Crippen LogP contribution in [-0.4, -0.2) is 17.6 Å². The first-order valence-electron chi connectivity index (χ1n) is 6.71. The van der Waals surface area contributed by atoms with Gasteiger partial charge in [-0.15, -0.1) is 11.8 Å². The number of amides is 2. The lowest BCUT2D eigenvalue weighted by Gasteiger charge is -2.17. The van der Waals surface area contributed by atoms with Gasteiger partial charge in [0.25, 0.3) is 5.91 Å². The van der Waals surface area contributed by atoms with Crippen LogP contribution in [0.4, 0.5) is 11.4 Å². The van der Waals surface area contributed by atoms with E-state index >= 15 is 0 Å². The monoisotopic (exact) mass is 401 g/mol. The van der Waals surface area contributed by atoms with Crippen molar-refractivity contribution in [3.8, 4) is 0 Å². The second-order valence-electron chi connectivity index (χ2n) is 4.87. The van der Waals surface area contributed by atoms with E-state index in [4.69, 9.17) is 34.8 Å². The highest BCUT2D eigenvalue weighted by molar-refractivity contribution is 8.00. The highest BCUT2D eigenvalue weighted by atomic mass is 35.5. The van der Waals surface area contributed by atoms with Crippen LogP contribution in [0.2, 0.25) is 15.1 Å². The Morgan fingerprint density at radius 3 is 2.54 bits per heavy atom. The number of carbonyl (C=O) groups is 2. The lowest BCUT2D eigenvalue weighted by molar-refractivity contribution is -0.113. The summed E-state index contributed by atoms with van der Waals surface area (Å²) in [5.41, 5.74) is 6.54. The van der Waals surface area contributed by atoms with Crippen LogP contribution in [0, 0.1) is 0 Å². The quantitative estimate of drug-likeness (QED) is 0.664. The first kappa shape index (κ1) is 17.2. The van der Waals surface area contributed by atoms with Crippen molar-refractivity contribution in [1.82, 2.24) is 5.43 Å². The molecule has 9 heteroatoms. The average molecular weight is 403 g/mol. The second-order valence-corrected chi connectivity index (χ2v) is 7.14. The van der Waals surface area contributed by atoms with Crippen molar-refractivity contribution in [2.45, 2.75) is 4.90 Å². The van der Waals surface area contributed by atoms with E-state index in [-0.39, 0.29) is 16.0 Å². The Balaban J connectivity index is 1.74. The Bertz CT molecular complexity index is 822. The maximum Gasteiger partial charge on any atom is 0.269 e. The van der Waals surface area contributed by atoms with Crippen LogP contribution in [0.15, 0.2) is 35.2 Å². The molecule has 0 radical (unpaired) electrons. The highest BCUT2D eigenvalue weighted by Crippen LogP contribution is 2.34. The standard InChI is InChI=1S/C15H10Cl3N3O2S/c16-8-4-9(17)14(10(18)5-8)20-21-15(23)7-1-2-12-11(3-7)19-13(22)6-24-12/h1-5,20H,6H2,(H,19,22)(H,21,23). The minimum Gasteiger partial charge on any atom is -0.324 e. The molecule has 2 amide bonds. The predicted molar refractivity (Wildman–Crippen MR) is 98.4 cm³/mol. The van der Waals surface area contributed by atoms with E-state index in [9.17, 15) is 9.59 Å². The van der Waals surface area contributed by atoms with Crippen LogP contribution in [0.3, 0.4) is 0 Å². The fourth-order valence-electron chi connectivity index (χ4n) is 2.08. The first-order chi connectivity index (χ1) is 11.4. The third-order valence-electron chi connectivity index (χ3n) is 3.18. The summed E-state index contributed by atoms with van der Waals surface area (Å²) in [6, 6.07) is 8.09. The van der Waals surface area contributed by atoms with Gasteiger partial charge in [0.1, 0.15) is 0 Å². The Morgan fingerprint density at radius 1 is 1.12 bits per heavy atom. The fourth-order valence-corrected chi connectivity index (χ4v) is 3.78. The molecule has 1 aliphatic rings. The number of anilines is 2. The number of carbonyl (C=O) groups excluding carboxylic acids is 2. The van der Waals surface area contributed by atoms with E-state index in [2.05, 4.69) is 16.2 Å². The van der Waals surface area contributed by atoms with Gasteiger partial charge in [-0.1, -0.05) is 34.8 Å². The van der Waals surface area contributed by atoms with Gasteiger partial charge in [-0.05, 0) is 30.3 Å². The fraction of sp³-hybridized carbons (Fsp3) is 0.0667. The number of rotatable bonds is 3. The van der Waals surface area contributed by atoms with E-state index in [1.165, 1.54) is 23.9 Å². The van der Waals surface area contributed by atoms with Gasteiger partial charge in [0.05, 0.1) is 27.2 Å². The Labute approximate surface area is 157 Å². The molecule has 0 saturated carbocycles. The van der Waals surface area contributed by atoms with Gasteiger partial charge in [-0.3, -0.25) is 20.4 Å². The minimum atomic E-state index is -0.398. The Kier molecular flexibility index (Phi) is 5.10. The van der Waals surface area contributed by atoms with Gasteiger partial charge in [0.2, 0.25) is 5.91 Å². The minimum absolute atomic E-state index is 0.0945. The molecule has 0 bridgehead atoms. The number of benzene rings is 2. The van der Waals surface area contributed by atoms with Crippen LogP contribution in [0.25, 0.3) is 0 Å². The molecular formula is C15H10Cl3N3O2S. The molecule has 0 atom stereocenters. The second kappa shape index (κ2) is 7.11. The third kappa shape index (κ3) is 3.72. The maximum atomic E-state index is 12.3. The summed E-state index contributed by atoms with van der Waals surface area (Å²) in [5.74, 6) is -0.124. The molecule has 1 heterocycles.